The molecule has 0 bridgehead atoms. The molecule has 2 N–H and O–H groups in total. The number of hydrogen-bond acceptors (Lipinski definition) is 7. The largest absolute Gasteiger partial charge is 0.458 e. The molecule has 0 fully saturated rings. The van der Waals surface area contributed by atoms with E-state index in [9.17, 15) is 42.2 Å². The summed E-state index contributed by atoms with van der Waals surface area (Å²) in [5, 5.41) is 21.0. The minimum Gasteiger partial charge on any atom is -0.458 e. The van der Waals surface area contributed by atoms with E-state index in [2.05, 4.69) is 4.98 Å². The number of halogens is 4. The molecular formula is C26H22BF4N3O6. The predicted octanol–water partition coefficient (Wildman–Crippen LogP) is 1.29. The Morgan fingerprint density at radius 3 is 2.60 bits per heavy atom. The fourth-order valence-corrected chi connectivity index (χ4v) is 6.07. The van der Waals surface area contributed by atoms with Crippen molar-refractivity contribution in [2.24, 2.45) is 0 Å². The van der Waals surface area contributed by atoms with Crippen LogP contribution in [0.15, 0.2) is 16.9 Å². The number of benzene rings is 1. The van der Waals surface area contributed by atoms with Crippen molar-refractivity contribution in [1.29, 1.82) is 0 Å². The van der Waals surface area contributed by atoms with E-state index in [4.69, 9.17) is 4.74 Å². The average molecular weight is 559 g/mol. The van der Waals surface area contributed by atoms with Crippen molar-refractivity contribution < 1.29 is 42.1 Å². The maximum absolute atomic E-state index is 15.0. The van der Waals surface area contributed by atoms with Crippen LogP contribution in [0.4, 0.5) is 17.6 Å². The van der Waals surface area contributed by atoms with Gasteiger partial charge in [-0.15, -0.1) is 0 Å². The zero-order chi connectivity index (χ0) is 29.0. The van der Waals surface area contributed by atoms with E-state index >= 15 is 0 Å². The Bertz CT molecular complexity index is 1730. The number of cyclic esters (lactones) is 1. The second-order valence-electron chi connectivity index (χ2n) is 10.6. The van der Waals surface area contributed by atoms with Gasteiger partial charge < -0.3 is 24.4 Å². The number of esters is 1. The van der Waals surface area contributed by atoms with E-state index in [0.29, 0.717) is 35.5 Å². The molecule has 4 heterocycles. The lowest BCUT2D eigenvalue weighted by Gasteiger charge is -2.38. The quantitative estimate of drug-likeness (QED) is 0.216. The minimum atomic E-state index is -5.23. The molecule has 2 aliphatic heterocycles. The standard InChI is InChI=1S/C26H22BF4N3O6/c1-9-10-3-4-16(33(2)24(38)25(27,39)26(29,30)31)19-12-7-34-17(20(12)32-15(18(10)19)6-14(9)28)5-11-13(22(34)36)8-40-23(37)21(11)35/h5-6,16,21,35,39H,3-4,7-8,27H2,1-2H3. The van der Waals surface area contributed by atoms with Crippen molar-refractivity contribution in [2.75, 3.05) is 7.05 Å². The second kappa shape index (κ2) is 8.37. The molecule has 3 aromatic rings. The lowest BCUT2D eigenvalue weighted by Crippen LogP contribution is -2.58. The number of aliphatic hydroxyl groups is 2. The summed E-state index contributed by atoms with van der Waals surface area (Å²) in [6, 6.07) is 1.67. The molecule has 0 saturated heterocycles. The van der Waals surface area contributed by atoms with Crippen LogP contribution in [0.3, 0.4) is 0 Å². The highest BCUT2D eigenvalue weighted by Crippen LogP contribution is 2.47. The molecule has 1 amide bonds. The molecule has 0 saturated carbocycles. The molecule has 6 rings (SSSR count). The maximum atomic E-state index is 15.0. The number of nitrogens with zero attached hydrogens (tertiary/aromatic N) is 3. The topological polar surface area (TPSA) is 122 Å². The number of carbonyl (C=O) groups excluding carboxylic acids is 2. The van der Waals surface area contributed by atoms with Crippen LogP contribution in [0.2, 0.25) is 0 Å². The zero-order valence-corrected chi connectivity index (χ0v) is 21.5. The molecule has 1 aromatic carbocycles. The molecule has 3 atom stereocenters. The van der Waals surface area contributed by atoms with Gasteiger partial charge in [-0.3, -0.25) is 9.59 Å². The van der Waals surface area contributed by atoms with Crippen LogP contribution in [0.5, 0.6) is 0 Å². The van der Waals surface area contributed by atoms with Crippen LogP contribution in [0.25, 0.3) is 22.3 Å². The van der Waals surface area contributed by atoms with Crippen LogP contribution in [-0.2, 0) is 33.9 Å². The third-order valence-electron chi connectivity index (χ3n) is 8.37. The summed E-state index contributed by atoms with van der Waals surface area (Å²) in [6.07, 6.45) is -6.57. The summed E-state index contributed by atoms with van der Waals surface area (Å²) in [4.78, 5) is 43.9. The van der Waals surface area contributed by atoms with Gasteiger partial charge in [0.2, 0.25) is 5.50 Å². The van der Waals surface area contributed by atoms with Crippen LogP contribution in [-0.4, -0.2) is 63.1 Å². The van der Waals surface area contributed by atoms with Gasteiger partial charge in [-0.05, 0) is 42.5 Å². The molecule has 3 aliphatic rings. The summed E-state index contributed by atoms with van der Waals surface area (Å²) < 4.78 is 62.0. The van der Waals surface area contributed by atoms with Gasteiger partial charge in [0.25, 0.3) is 11.5 Å². The summed E-state index contributed by atoms with van der Waals surface area (Å²) in [6.45, 7) is 1.17. The van der Waals surface area contributed by atoms with Crippen molar-refractivity contribution in [3.8, 4) is 11.4 Å². The number of alkyl halides is 3. The molecule has 0 radical (unpaired) electrons. The van der Waals surface area contributed by atoms with Crippen molar-refractivity contribution in [1.82, 2.24) is 14.5 Å². The number of likely N-dealkylation sites (N-methyl/N-ethyl adjacent to an activating group) is 1. The molecule has 40 heavy (non-hydrogen) atoms. The highest BCUT2D eigenvalue weighted by Gasteiger charge is 2.57. The Kier molecular flexibility index (Phi) is 5.53. The van der Waals surface area contributed by atoms with E-state index in [0.717, 1.165) is 4.90 Å². The first kappa shape index (κ1) is 26.4. The van der Waals surface area contributed by atoms with Gasteiger partial charge in [0.15, 0.2) is 14.0 Å². The molecule has 1 aliphatic carbocycles. The number of aromatic nitrogens is 2. The molecule has 0 spiro atoms. The minimum absolute atomic E-state index is 0.0525. The fourth-order valence-electron chi connectivity index (χ4n) is 6.07. The van der Waals surface area contributed by atoms with E-state index < -0.39 is 47.1 Å². The normalized spacial score (nSPS) is 20.9. The van der Waals surface area contributed by atoms with Gasteiger partial charge >= 0.3 is 12.1 Å². The average Bonchev–Trinajstić information content (AvgIpc) is 3.26. The number of aryl methyl sites for hydroxylation is 1. The van der Waals surface area contributed by atoms with Gasteiger partial charge in [-0.1, -0.05) is 0 Å². The van der Waals surface area contributed by atoms with Gasteiger partial charge in [0.05, 0.1) is 35.1 Å². The third-order valence-corrected chi connectivity index (χ3v) is 8.37. The number of rotatable bonds is 2. The molecule has 9 nitrogen and oxygen atoms in total. The second-order valence-corrected chi connectivity index (χ2v) is 10.6. The predicted molar refractivity (Wildman–Crippen MR) is 133 cm³/mol. The zero-order valence-electron chi connectivity index (χ0n) is 21.5. The number of pyridine rings is 2. The number of aliphatic hydroxyl groups excluding tert-OH is 1. The smallest absolute Gasteiger partial charge is 0.417 e. The lowest BCUT2D eigenvalue weighted by molar-refractivity contribution is -0.227. The third kappa shape index (κ3) is 3.41. The maximum Gasteiger partial charge on any atom is 0.417 e. The van der Waals surface area contributed by atoms with Gasteiger partial charge in [-0.2, -0.15) is 13.2 Å². The lowest BCUT2D eigenvalue weighted by atomic mass is 9.77. The van der Waals surface area contributed by atoms with Crippen LogP contribution < -0.4 is 5.56 Å². The van der Waals surface area contributed by atoms with Crippen molar-refractivity contribution in [3.05, 3.63) is 61.7 Å². The SMILES string of the molecule is BC(O)(C(=O)N(C)C1CCc2c(C)c(F)cc3nc4c(c1c23)Cn1c-4cc2c(c1=O)COC(=O)C2O)C(F)(F)F. The Morgan fingerprint density at radius 1 is 1.23 bits per heavy atom. The number of amides is 1. The van der Waals surface area contributed by atoms with E-state index in [1.165, 1.54) is 23.7 Å². The van der Waals surface area contributed by atoms with E-state index in [1.807, 2.05) is 0 Å². The summed E-state index contributed by atoms with van der Waals surface area (Å²) in [7, 11) is 1.56. The number of carbonyl (C=O) groups is 2. The highest BCUT2D eigenvalue weighted by atomic mass is 19.4. The molecule has 14 heteroatoms. The highest BCUT2D eigenvalue weighted by molar-refractivity contribution is 6.27. The molecule has 2 aromatic heterocycles. The van der Waals surface area contributed by atoms with E-state index in [1.54, 1.807) is 6.92 Å². The fraction of sp³-hybridized carbons (Fsp3) is 0.385. The molecule has 3 unspecified atom stereocenters. The Morgan fingerprint density at radius 2 is 1.93 bits per heavy atom. The first-order valence-corrected chi connectivity index (χ1v) is 12.5. The first-order valence-electron chi connectivity index (χ1n) is 12.5. The molecular weight excluding hydrogens is 537 g/mol. The van der Waals surface area contributed by atoms with Crippen LogP contribution in [0, 0.1) is 12.7 Å². The molecule has 208 valence electrons. The van der Waals surface area contributed by atoms with Crippen molar-refractivity contribution >= 4 is 30.6 Å². The van der Waals surface area contributed by atoms with E-state index in [-0.39, 0.29) is 54.0 Å². The Balaban J connectivity index is 1.61. The van der Waals surface area contributed by atoms with Crippen LogP contribution in [0.1, 0.15) is 51.9 Å². The van der Waals surface area contributed by atoms with Crippen molar-refractivity contribution in [3.63, 3.8) is 0 Å². The van der Waals surface area contributed by atoms with Gasteiger partial charge in [0, 0.05) is 29.6 Å². The summed E-state index contributed by atoms with van der Waals surface area (Å²) >= 11 is 0. The first-order chi connectivity index (χ1) is 18.6. The summed E-state index contributed by atoms with van der Waals surface area (Å²) in [5.74, 6) is -3.02. The Hall–Kier alpha value is -3.78. The monoisotopic (exact) mass is 559 g/mol. The van der Waals surface area contributed by atoms with Crippen molar-refractivity contribution in [2.45, 2.75) is 56.7 Å². The van der Waals surface area contributed by atoms with Gasteiger partial charge in [0.1, 0.15) is 12.4 Å². The van der Waals surface area contributed by atoms with Gasteiger partial charge in [-0.25, -0.2) is 14.2 Å². The Labute approximate surface area is 224 Å². The number of fused-ring (bicyclic) bond motifs is 5. The number of hydrogen-bond donors (Lipinski definition) is 2. The summed E-state index contributed by atoms with van der Waals surface area (Å²) in [5.41, 5.74) is -1.66. The van der Waals surface area contributed by atoms with Crippen LogP contribution >= 0.6 is 0 Å². The number of ether oxygens (including phenoxy) is 1.